The summed E-state index contributed by atoms with van der Waals surface area (Å²) >= 11 is 1.09. The summed E-state index contributed by atoms with van der Waals surface area (Å²) in [5.41, 5.74) is 2.65. The number of carbonyl (C=O) groups excluding carboxylic acids is 3. The van der Waals surface area contributed by atoms with Gasteiger partial charge in [-0.15, -0.1) is 11.8 Å². The molecule has 2 aromatic rings. The van der Waals surface area contributed by atoms with Crippen LogP contribution in [0, 0.1) is 13.8 Å². The fraction of sp³-hybridized carbons (Fsp3) is 0.211. The molecule has 1 aliphatic rings. The first-order chi connectivity index (χ1) is 11.9. The zero-order chi connectivity index (χ0) is 18.1. The maximum Gasteiger partial charge on any atom is 0.247 e. The normalized spacial score (nSPS) is 17.2. The number of aromatic carboxylic acids is 1. The Bertz CT molecular complexity index is 877. The van der Waals surface area contributed by atoms with E-state index in [1.165, 1.54) is 11.0 Å². The van der Waals surface area contributed by atoms with Crippen molar-refractivity contribution in [3.05, 3.63) is 59.2 Å². The monoisotopic (exact) mass is 354 g/mol. The van der Waals surface area contributed by atoms with Crippen molar-refractivity contribution in [1.29, 1.82) is 0 Å². The highest BCUT2D eigenvalue weighted by Crippen LogP contribution is 2.35. The van der Waals surface area contributed by atoms with Gasteiger partial charge in [-0.25, -0.2) is 4.90 Å². The molecule has 25 heavy (non-hydrogen) atoms. The maximum absolute atomic E-state index is 12.7. The molecule has 2 amide bonds. The minimum atomic E-state index is -1.30. The van der Waals surface area contributed by atoms with Crippen LogP contribution in [0.1, 0.15) is 27.9 Å². The number of hydrogen-bond acceptors (Lipinski definition) is 5. The third-order valence-electron chi connectivity index (χ3n) is 4.23. The first-order valence-corrected chi connectivity index (χ1v) is 8.67. The van der Waals surface area contributed by atoms with E-state index in [4.69, 9.17) is 0 Å². The molecule has 1 aliphatic heterocycles. The molecule has 128 valence electrons. The van der Waals surface area contributed by atoms with Crippen LogP contribution in [0.15, 0.2) is 47.4 Å². The van der Waals surface area contributed by atoms with Crippen LogP contribution >= 0.6 is 11.8 Å². The second-order valence-electron chi connectivity index (χ2n) is 5.93. The van der Waals surface area contributed by atoms with E-state index in [2.05, 4.69) is 0 Å². The van der Waals surface area contributed by atoms with Gasteiger partial charge in [0, 0.05) is 16.9 Å². The molecule has 0 unspecified atom stereocenters. The number of carbonyl (C=O) groups is 3. The van der Waals surface area contributed by atoms with Crippen LogP contribution in [0.4, 0.5) is 5.69 Å². The van der Waals surface area contributed by atoms with Crippen molar-refractivity contribution in [2.24, 2.45) is 0 Å². The fourth-order valence-corrected chi connectivity index (χ4v) is 3.90. The van der Waals surface area contributed by atoms with Crippen molar-refractivity contribution in [2.75, 3.05) is 4.90 Å². The van der Waals surface area contributed by atoms with Gasteiger partial charge in [-0.3, -0.25) is 9.59 Å². The molecule has 1 atom stereocenters. The van der Waals surface area contributed by atoms with E-state index >= 15 is 0 Å². The van der Waals surface area contributed by atoms with E-state index in [-0.39, 0.29) is 23.8 Å². The lowest BCUT2D eigenvalue weighted by molar-refractivity contribution is -0.255. The van der Waals surface area contributed by atoms with Gasteiger partial charge < -0.3 is 9.90 Å². The van der Waals surface area contributed by atoms with Crippen LogP contribution in [0.25, 0.3) is 0 Å². The molecule has 3 rings (SSSR count). The summed E-state index contributed by atoms with van der Waals surface area (Å²) in [6, 6.07) is 11.8. The van der Waals surface area contributed by atoms with Crippen LogP contribution in [0.3, 0.4) is 0 Å². The van der Waals surface area contributed by atoms with Crippen molar-refractivity contribution in [2.45, 2.75) is 30.4 Å². The second-order valence-corrected chi connectivity index (χ2v) is 7.17. The molecule has 0 N–H and O–H groups in total. The molecule has 2 aromatic carbocycles. The summed E-state index contributed by atoms with van der Waals surface area (Å²) in [5.74, 6) is -1.91. The number of imide groups is 1. The highest BCUT2D eigenvalue weighted by molar-refractivity contribution is 8.00. The molecule has 0 spiro atoms. The molecular formula is C19H16NO4S-. The zero-order valence-corrected chi connectivity index (χ0v) is 14.6. The van der Waals surface area contributed by atoms with E-state index in [1.54, 1.807) is 24.3 Å². The molecule has 1 heterocycles. The number of thioether (sulfide) groups is 1. The number of hydrogen-bond donors (Lipinski definition) is 0. The summed E-state index contributed by atoms with van der Waals surface area (Å²) in [6.45, 7) is 3.88. The minimum absolute atomic E-state index is 0.0254. The van der Waals surface area contributed by atoms with E-state index in [0.29, 0.717) is 10.6 Å². The van der Waals surface area contributed by atoms with E-state index in [9.17, 15) is 19.5 Å². The van der Waals surface area contributed by atoms with Crippen molar-refractivity contribution < 1.29 is 19.5 Å². The molecule has 0 saturated carbocycles. The second kappa shape index (κ2) is 6.72. The van der Waals surface area contributed by atoms with Gasteiger partial charge in [-0.05, 0) is 43.2 Å². The molecule has 0 aromatic heterocycles. The molecule has 1 fully saturated rings. The molecule has 6 heteroatoms. The zero-order valence-electron chi connectivity index (χ0n) is 13.8. The Morgan fingerprint density at radius 1 is 1.12 bits per heavy atom. The number of carboxylic acid groups (broad SMARTS) is 1. The van der Waals surface area contributed by atoms with Crippen LogP contribution in [-0.4, -0.2) is 23.0 Å². The third-order valence-corrected chi connectivity index (χ3v) is 5.49. The number of carboxylic acids is 1. The van der Waals surface area contributed by atoms with Gasteiger partial charge in [-0.1, -0.05) is 24.3 Å². The number of amides is 2. The van der Waals surface area contributed by atoms with Gasteiger partial charge in [0.05, 0.1) is 16.9 Å². The maximum atomic E-state index is 12.7. The van der Waals surface area contributed by atoms with Crippen molar-refractivity contribution in [3.8, 4) is 0 Å². The van der Waals surface area contributed by atoms with Gasteiger partial charge in [0.2, 0.25) is 11.8 Å². The standard InChI is InChI=1S/C19H17NO4S/c1-11-7-8-13(9-12(11)2)20-17(21)10-16(18(20)22)25-15-6-4-3-5-14(15)19(23)24/h3-9,16H,10H2,1-2H3,(H,23,24)/p-1/t16-/m1/s1. The highest BCUT2D eigenvalue weighted by Gasteiger charge is 2.40. The molecule has 0 aliphatic carbocycles. The predicted octanol–water partition coefficient (Wildman–Crippen LogP) is 2.09. The number of nitrogens with zero attached hydrogens (tertiary/aromatic N) is 1. The topological polar surface area (TPSA) is 77.5 Å². The highest BCUT2D eigenvalue weighted by atomic mass is 32.2. The van der Waals surface area contributed by atoms with Gasteiger partial charge in [0.25, 0.3) is 0 Å². The molecule has 5 nitrogen and oxygen atoms in total. The third kappa shape index (κ3) is 3.30. The van der Waals surface area contributed by atoms with Crippen LogP contribution in [0.2, 0.25) is 0 Å². The lowest BCUT2D eigenvalue weighted by atomic mass is 10.1. The Morgan fingerprint density at radius 2 is 1.84 bits per heavy atom. The fourth-order valence-electron chi connectivity index (χ4n) is 2.72. The lowest BCUT2D eigenvalue weighted by Gasteiger charge is -2.17. The van der Waals surface area contributed by atoms with Crippen molar-refractivity contribution in [3.63, 3.8) is 0 Å². The largest absolute Gasteiger partial charge is 0.545 e. The van der Waals surface area contributed by atoms with Gasteiger partial charge in [0.15, 0.2) is 0 Å². The van der Waals surface area contributed by atoms with Gasteiger partial charge >= 0.3 is 0 Å². The predicted molar refractivity (Wildman–Crippen MR) is 93.4 cm³/mol. The van der Waals surface area contributed by atoms with Crippen LogP contribution < -0.4 is 10.0 Å². The first kappa shape index (κ1) is 17.2. The molecule has 1 saturated heterocycles. The Kier molecular flexibility index (Phi) is 4.63. The lowest BCUT2D eigenvalue weighted by Crippen LogP contribution is -2.31. The molecular weight excluding hydrogens is 338 g/mol. The summed E-state index contributed by atoms with van der Waals surface area (Å²) in [6.07, 6.45) is 0.0395. The summed E-state index contributed by atoms with van der Waals surface area (Å²) in [5, 5.41) is 10.6. The Labute approximate surface area is 149 Å². The van der Waals surface area contributed by atoms with E-state index in [1.807, 2.05) is 26.0 Å². The van der Waals surface area contributed by atoms with Crippen molar-refractivity contribution >= 4 is 35.2 Å². The van der Waals surface area contributed by atoms with E-state index in [0.717, 1.165) is 22.9 Å². The SMILES string of the molecule is Cc1ccc(N2C(=O)C[C@@H](Sc3ccccc3C(=O)[O-])C2=O)cc1C. The number of anilines is 1. The number of aryl methyl sites for hydroxylation is 2. The summed E-state index contributed by atoms with van der Waals surface area (Å²) < 4.78 is 0. The van der Waals surface area contributed by atoms with Crippen LogP contribution in [0.5, 0.6) is 0 Å². The Morgan fingerprint density at radius 3 is 2.52 bits per heavy atom. The van der Waals surface area contributed by atoms with Crippen molar-refractivity contribution in [1.82, 2.24) is 0 Å². The smallest absolute Gasteiger partial charge is 0.247 e. The Hall–Kier alpha value is -2.60. The van der Waals surface area contributed by atoms with E-state index < -0.39 is 11.2 Å². The van der Waals surface area contributed by atoms with Gasteiger partial charge in [-0.2, -0.15) is 0 Å². The minimum Gasteiger partial charge on any atom is -0.545 e. The van der Waals surface area contributed by atoms with Crippen LogP contribution in [-0.2, 0) is 9.59 Å². The molecule has 0 radical (unpaired) electrons. The number of benzene rings is 2. The average molecular weight is 354 g/mol. The molecule has 0 bridgehead atoms. The van der Waals surface area contributed by atoms with Gasteiger partial charge in [0.1, 0.15) is 0 Å². The summed E-state index contributed by atoms with van der Waals surface area (Å²) in [7, 11) is 0. The number of rotatable bonds is 4. The first-order valence-electron chi connectivity index (χ1n) is 7.79. The quantitative estimate of drug-likeness (QED) is 0.786. The summed E-state index contributed by atoms with van der Waals surface area (Å²) in [4.78, 5) is 37.9. The average Bonchev–Trinajstić information content (AvgIpc) is 2.84. The Balaban J connectivity index is 1.87.